The molecule has 1 aromatic heterocycles. The van der Waals surface area contributed by atoms with Crippen LogP contribution in [0.3, 0.4) is 0 Å². The number of pyridine rings is 1. The first-order chi connectivity index (χ1) is 11.2. The molecule has 1 aromatic carbocycles. The van der Waals surface area contributed by atoms with Crippen LogP contribution in [0.5, 0.6) is 0 Å². The van der Waals surface area contributed by atoms with E-state index >= 15 is 0 Å². The van der Waals surface area contributed by atoms with Crippen LogP contribution in [0.2, 0.25) is 5.02 Å². The smallest absolute Gasteiger partial charge is 0.135 e. The van der Waals surface area contributed by atoms with Gasteiger partial charge in [0.15, 0.2) is 0 Å². The fourth-order valence-electron chi connectivity index (χ4n) is 3.50. The minimum absolute atomic E-state index is 0.573. The van der Waals surface area contributed by atoms with E-state index in [0.29, 0.717) is 5.82 Å². The molecule has 2 heterocycles. The van der Waals surface area contributed by atoms with Crippen molar-refractivity contribution >= 4 is 23.3 Å². The summed E-state index contributed by atoms with van der Waals surface area (Å²) in [7, 11) is 0. The molecule has 0 radical (unpaired) electrons. The number of hydrogen-bond donors (Lipinski definition) is 2. The van der Waals surface area contributed by atoms with E-state index in [9.17, 15) is 0 Å². The number of nitrogens with one attached hydrogen (secondary N) is 1. The van der Waals surface area contributed by atoms with Crippen molar-refractivity contribution in [3.05, 3.63) is 46.1 Å². The van der Waals surface area contributed by atoms with Crippen molar-refractivity contribution in [1.29, 1.82) is 0 Å². The molecule has 5 heteroatoms. The van der Waals surface area contributed by atoms with E-state index < -0.39 is 0 Å². The Hall–Kier alpha value is -2.07. The maximum atomic E-state index is 6.33. The molecule has 1 aliphatic heterocycles. The van der Waals surface area contributed by atoms with E-state index in [-0.39, 0.29) is 0 Å². The number of benzene rings is 1. The minimum Gasteiger partial charge on any atom is -0.383 e. The molecule has 0 saturated carbocycles. The molecule has 2 aliphatic rings. The first-order valence-corrected chi connectivity index (χ1v) is 8.47. The summed E-state index contributed by atoms with van der Waals surface area (Å²) in [6.45, 7) is 1.64. The van der Waals surface area contributed by atoms with Crippen molar-refractivity contribution in [2.45, 2.75) is 25.7 Å². The summed E-state index contributed by atoms with van der Waals surface area (Å²) in [4.78, 5) is 9.27. The zero-order valence-electron chi connectivity index (χ0n) is 12.9. The average Bonchev–Trinajstić information content (AvgIpc) is 3.08. The van der Waals surface area contributed by atoms with Crippen molar-refractivity contribution in [2.24, 2.45) is 4.99 Å². The van der Waals surface area contributed by atoms with Gasteiger partial charge in [-0.25, -0.2) is 4.98 Å². The third-order valence-corrected chi connectivity index (χ3v) is 4.80. The van der Waals surface area contributed by atoms with Crippen molar-refractivity contribution in [3.8, 4) is 11.1 Å². The second kappa shape index (κ2) is 5.85. The predicted octanol–water partition coefficient (Wildman–Crippen LogP) is 3.21. The van der Waals surface area contributed by atoms with Crippen LogP contribution in [0.15, 0.2) is 29.3 Å². The van der Waals surface area contributed by atoms with Crippen molar-refractivity contribution in [3.63, 3.8) is 0 Å². The number of nitrogen functional groups attached to an aromatic ring is 1. The standard InChI is InChI=1S/C18H19ClN4/c19-12-7-5-11(6-8-12)15-13-3-1-2-4-14(13)23-17(20)16(15)18-21-9-10-22-18/h5-8H,1-4,9-10H2,(H2,20,23)(H,21,22). The largest absolute Gasteiger partial charge is 0.383 e. The topological polar surface area (TPSA) is 63.3 Å². The van der Waals surface area contributed by atoms with E-state index in [4.69, 9.17) is 22.3 Å². The molecule has 0 saturated heterocycles. The zero-order valence-corrected chi connectivity index (χ0v) is 13.7. The highest BCUT2D eigenvalue weighted by molar-refractivity contribution is 6.30. The van der Waals surface area contributed by atoms with Crippen LogP contribution in [0.4, 0.5) is 5.82 Å². The lowest BCUT2D eigenvalue weighted by molar-refractivity contribution is 0.670. The lowest BCUT2D eigenvalue weighted by Gasteiger charge is -2.23. The van der Waals surface area contributed by atoms with Crippen LogP contribution in [-0.4, -0.2) is 23.9 Å². The lowest BCUT2D eigenvalue weighted by Crippen LogP contribution is -2.24. The van der Waals surface area contributed by atoms with Gasteiger partial charge in [0.05, 0.1) is 12.1 Å². The summed E-state index contributed by atoms with van der Waals surface area (Å²) < 4.78 is 0. The average molecular weight is 327 g/mol. The van der Waals surface area contributed by atoms with Crippen LogP contribution in [-0.2, 0) is 12.8 Å². The molecular formula is C18H19ClN4. The fourth-order valence-corrected chi connectivity index (χ4v) is 3.63. The number of rotatable bonds is 2. The van der Waals surface area contributed by atoms with Crippen LogP contribution in [0.25, 0.3) is 11.1 Å². The van der Waals surface area contributed by atoms with Crippen molar-refractivity contribution in [1.82, 2.24) is 10.3 Å². The summed E-state index contributed by atoms with van der Waals surface area (Å²) in [6, 6.07) is 7.97. The third kappa shape index (κ3) is 2.57. The number of aliphatic imine (C=N–C) groups is 1. The number of anilines is 1. The maximum Gasteiger partial charge on any atom is 0.135 e. The van der Waals surface area contributed by atoms with Gasteiger partial charge in [-0.2, -0.15) is 0 Å². The van der Waals surface area contributed by atoms with Crippen LogP contribution >= 0.6 is 11.6 Å². The molecule has 1 aliphatic carbocycles. The van der Waals surface area contributed by atoms with Gasteiger partial charge in [-0.05, 0) is 48.9 Å². The monoisotopic (exact) mass is 326 g/mol. The summed E-state index contributed by atoms with van der Waals surface area (Å²) in [6.07, 6.45) is 4.41. The normalized spacial score (nSPS) is 16.7. The molecule has 0 fully saturated rings. The Morgan fingerprint density at radius 3 is 2.57 bits per heavy atom. The molecule has 23 heavy (non-hydrogen) atoms. The predicted molar refractivity (Wildman–Crippen MR) is 95.1 cm³/mol. The summed E-state index contributed by atoms with van der Waals surface area (Å²) in [5, 5.41) is 4.08. The van der Waals surface area contributed by atoms with Gasteiger partial charge in [0.25, 0.3) is 0 Å². The first-order valence-electron chi connectivity index (χ1n) is 8.10. The fraction of sp³-hybridized carbons (Fsp3) is 0.333. The van der Waals surface area contributed by atoms with Gasteiger partial charge in [-0.15, -0.1) is 0 Å². The summed E-state index contributed by atoms with van der Waals surface area (Å²) >= 11 is 6.07. The van der Waals surface area contributed by atoms with E-state index in [1.165, 1.54) is 24.0 Å². The molecule has 3 N–H and O–H groups in total. The Labute approximate surface area is 140 Å². The van der Waals surface area contributed by atoms with Gasteiger partial charge in [-0.1, -0.05) is 23.7 Å². The quantitative estimate of drug-likeness (QED) is 0.890. The van der Waals surface area contributed by atoms with Crippen molar-refractivity contribution < 1.29 is 0 Å². The number of aromatic nitrogens is 1. The molecular weight excluding hydrogens is 308 g/mol. The van der Waals surface area contributed by atoms with E-state index in [1.807, 2.05) is 12.1 Å². The Bertz CT molecular complexity index is 781. The number of nitrogens with zero attached hydrogens (tertiary/aromatic N) is 2. The Balaban J connectivity index is 1.99. The number of nitrogens with two attached hydrogens (primary N) is 1. The van der Waals surface area contributed by atoms with Crippen molar-refractivity contribution in [2.75, 3.05) is 18.8 Å². The first kappa shape index (κ1) is 14.5. The third-order valence-electron chi connectivity index (χ3n) is 4.55. The highest BCUT2D eigenvalue weighted by Crippen LogP contribution is 2.37. The molecule has 0 unspecified atom stereocenters. The van der Waals surface area contributed by atoms with Gasteiger partial charge in [0.1, 0.15) is 11.7 Å². The number of fused-ring (bicyclic) bond motifs is 1. The number of halogens is 1. The number of aryl methyl sites for hydroxylation is 1. The van der Waals surface area contributed by atoms with Gasteiger partial charge >= 0.3 is 0 Å². The zero-order chi connectivity index (χ0) is 15.8. The summed E-state index contributed by atoms with van der Waals surface area (Å²) in [5.41, 5.74) is 12.1. The molecule has 118 valence electrons. The molecule has 0 atom stereocenters. The highest BCUT2D eigenvalue weighted by atomic mass is 35.5. The Kier molecular flexibility index (Phi) is 3.69. The second-order valence-electron chi connectivity index (χ2n) is 6.04. The van der Waals surface area contributed by atoms with Crippen LogP contribution < -0.4 is 11.1 Å². The number of hydrogen-bond acceptors (Lipinski definition) is 4. The minimum atomic E-state index is 0.573. The van der Waals surface area contributed by atoms with E-state index in [2.05, 4.69) is 22.4 Å². The molecule has 4 rings (SSSR count). The maximum absolute atomic E-state index is 6.33. The van der Waals surface area contributed by atoms with Gasteiger partial charge in [0.2, 0.25) is 0 Å². The lowest BCUT2D eigenvalue weighted by atomic mass is 9.86. The molecule has 4 nitrogen and oxygen atoms in total. The van der Waals surface area contributed by atoms with Gasteiger partial charge in [-0.3, -0.25) is 4.99 Å². The van der Waals surface area contributed by atoms with E-state index in [0.717, 1.165) is 53.6 Å². The summed E-state index contributed by atoms with van der Waals surface area (Å²) in [5.74, 6) is 1.44. The molecule has 0 bridgehead atoms. The molecule has 0 amide bonds. The van der Waals surface area contributed by atoms with Crippen LogP contribution in [0, 0.1) is 0 Å². The van der Waals surface area contributed by atoms with E-state index in [1.54, 1.807) is 0 Å². The molecule has 0 spiro atoms. The Morgan fingerprint density at radius 1 is 1.04 bits per heavy atom. The SMILES string of the molecule is Nc1nc2c(c(-c3ccc(Cl)cc3)c1C1=NCCN1)CCCC2. The Morgan fingerprint density at radius 2 is 1.83 bits per heavy atom. The van der Waals surface area contributed by atoms with Crippen LogP contribution in [0.1, 0.15) is 29.7 Å². The molecule has 2 aromatic rings. The number of amidine groups is 1. The second-order valence-corrected chi connectivity index (χ2v) is 6.48. The van der Waals surface area contributed by atoms with Gasteiger partial charge < -0.3 is 11.1 Å². The highest BCUT2D eigenvalue weighted by Gasteiger charge is 2.25. The van der Waals surface area contributed by atoms with Gasteiger partial charge in [0, 0.05) is 22.8 Å².